The fraction of sp³-hybridized carbons (Fsp3) is 0.400. The van der Waals surface area contributed by atoms with Gasteiger partial charge in [0.1, 0.15) is 11.6 Å². The molecule has 3 heteroatoms. The summed E-state index contributed by atoms with van der Waals surface area (Å²) in [6, 6.07) is 3.18. The number of fused-ring (bicyclic) bond motifs is 1. The molecule has 70 valence electrons. The number of ether oxygens (including phenoxy) is 1. The first kappa shape index (κ1) is 8.51. The lowest BCUT2D eigenvalue weighted by Crippen LogP contribution is -2.20. The number of aryl methyl sites for hydroxylation is 1. The zero-order valence-electron chi connectivity index (χ0n) is 7.51. The Balaban J connectivity index is 2.52. The van der Waals surface area contributed by atoms with Crippen molar-refractivity contribution < 1.29 is 9.13 Å². The van der Waals surface area contributed by atoms with Crippen LogP contribution >= 0.6 is 0 Å². The van der Waals surface area contributed by atoms with Crippen LogP contribution in [0.4, 0.5) is 4.39 Å². The molecule has 2 nitrogen and oxygen atoms in total. The first-order valence-corrected chi connectivity index (χ1v) is 4.37. The third-order valence-corrected chi connectivity index (χ3v) is 2.38. The summed E-state index contributed by atoms with van der Waals surface area (Å²) in [5.41, 5.74) is 7.41. The molecule has 0 saturated heterocycles. The van der Waals surface area contributed by atoms with Crippen LogP contribution in [0.3, 0.4) is 0 Å². The minimum atomic E-state index is -0.229. The molecule has 0 aliphatic carbocycles. The maximum atomic E-state index is 13.1. The van der Waals surface area contributed by atoms with Gasteiger partial charge in [0.05, 0.1) is 6.61 Å². The molecule has 0 spiro atoms. The van der Waals surface area contributed by atoms with Gasteiger partial charge >= 0.3 is 0 Å². The van der Waals surface area contributed by atoms with Crippen LogP contribution in [0.25, 0.3) is 0 Å². The minimum Gasteiger partial charge on any atom is -0.493 e. The number of nitrogens with two attached hydrogens (primary N) is 1. The van der Waals surface area contributed by atoms with Crippen molar-refractivity contribution >= 4 is 0 Å². The van der Waals surface area contributed by atoms with Gasteiger partial charge in [0.2, 0.25) is 0 Å². The number of benzene rings is 1. The second-order valence-corrected chi connectivity index (χ2v) is 3.38. The first-order chi connectivity index (χ1) is 6.18. The summed E-state index contributed by atoms with van der Waals surface area (Å²) in [4.78, 5) is 0. The van der Waals surface area contributed by atoms with Crippen LogP contribution in [0, 0.1) is 12.7 Å². The molecule has 1 aliphatic heterocycles. The van der Waals surface area contributed by atoms with Crippen LogP contribution in [0.1, 0.15) is 23.6 Å². The van der Waals surface area contributed by atoms with Crippen molar-refractivity contribution in [2.45, 2.75) is 19.4 Å². The predicted molar refractivity (Wildman–Crippen MR) is 48.2 cm³/mol. The topological polar surface area (TPSA) is 35.2 Å². The normalized spacial score (nSPS) is 20.7. The molecule has 2 rings (SSSR count). The molecule has 1 atom stereocenters. The van der Waals surface area contributed by atoms with E-state index in [1.807, 2.05) is 0 Å². The maximum absolute atomic E-state index is 13.1. The first-order valence-electron chi connectivity index (χ1n) is 4.37. The highest BCUT2D eigenvalue weighted by molar-refractivity contribution is 5.41. The van der Waals surface area contributed by atoms with Crippen LogP contribution in [-0.4, -0.2) is 6.61 Å². The van der Waals surface area contributed by atoms with Gasteiger partial charge in [-0.1, -0.05) is 0 Å². The van der Waals surface area contributed by atoms with E-state index < -0.39 is 0 Å². The summed E-state index contributed by atoms with van der Waals surface area (Å²) in [7, 11) is 0. The van der Waals surface area contributed by atoms with Crippen molar-refractivity contribution in [1.82, 2.24) is 0 Å². The van der Waals surface area contributed by atoms with E-state index in [-0.39, 0.29) is 11.9 Å². The Morgan fingerprint density at radius 3 is 3.08 bits per heavy atom. The Morgan fingerprint density at radius 1 is 1.54 bits per heavy atom. The summed E-state index contributed by atoms with van der Waals surface area (Å²) in [6.07, 6.45) is 0.804. The van der Waals surface area contributed by atoms with Crippen molar-refractivity contribution in [1.29, 1.82) is 0 Å². The molecule has 1 aliphatic rings. The van der Waals surface area contributed by atoms with Gasteiger partial charge in [0.25, 0.3) is 0 Å². The quantitative estimate of drug-likeness (QED) is 0.663. The summed E-state index contributed by atoms with van der Waals surface area (Å²) < 4.78 is 18.4. The van der Waals surface area contributed by atoms with E-state index in [0.29, 0.717) is 17.9 Å². The van der Waals surface area contributed by atoms with Gasteiger partial charge in [0.15, 0.2) is 0 Å². The van der Waals surface area contributed by atoms with E-state index in [0.717, 1.165) is 12.0 Å². The lowest BCUT2D eigenvalue weighted by atomic mass is 9.99. The predicted octanol–water partition coefficient (Wildman–Crippen LogP) is 1.92. The van der Waals surface area contributed by atoms with Gasteiger partial charge in [0, 0.05) is 24.1 Å². The molecule has 1 heterocycles. The molecule has 13 heavy (non-hydrogen) atoms. The highest BCUT2D eigenvalue weighted by Gasteiger charge is 2.19. The third-order valence-electron chi connectivity index (χ3n) is 2.38. The van der Waals surface area contributed by atoms with Crippen LogP contribution < -0.4 is 10.5 Å². The van der Waals surface area contributed by atoms with E-state index in [1.165, 1.54) is 6.07 Å². The van der Waals surface area contributed by atoms with E-state index >= 15 is 0 Å². The van der Waals surface area contributed by atoms with Crippen LogP contribution in [-0.2, 0) is 0 Å². The highest BCUT2D eigenvalue weighted by Crippen LogP contribution is 2.32. The molecule has 0 fully saturated rings. The average molecular weight is 181 g/mol. The second kappa shape index (κ2) is 3.00. The molecule has 0 radical (unpaired) electrons. The zero-order valence-corrected chi connectivity index (χ0v) is 7.51. The fourth-order valence-corrected chi connectivity index (χ4v) is 1.55. The standard InChI is InChI=1S/C10H12FNO/c1-6-4-7-9(12)2-3-13-10(7)5-8(6)11/h4-5,9H,2-3,12H2,1H3/t9-/m0/s1. The minimum absolute atomic E-state index is 0.0111. The van der Waals surface area contributed by atoms with Crippen molar-refractivity contribution in [3.63, 3.8) is 0 Å². The third kappa shape index (κ3) is 1.40. The summed E-state index contributed by atoms with van der Waals surface area (Å²) in [5.74, 6) is 0.370. The highest BCUT2D eigenvalue weighted by atomic mass is 19.1. The smallest absolute Gasteiger partial charge is 0.129 e. The Labute approximate surface area is 76.5 Å². The molecule has 2 N–H and O–H groups in total. The molecule has 1 aromatic rings. The molecule has 0 amide bonds. The SMILES string of the molecule is Cc1cc2c(cc1F)OCC[C@@H]2N. The lowest BCUT2D eigenvalue weighted by Gasteiger charge is -2.23. The van der Waals surface area contributed by atoms with Crippen molar-refractivity contribution in [2.24, 2.45) is 5.73 Å². The Bertz CT molecular complexity index is 338. The molecule has 0 unspecified atom stereocenters. The fourth-order valence-electron chi connectivity index (χ4n) is 1.55. The summed E-state index contributed by atoms with van der Waals surface area (Å²) in [5, 5.41) is 0. The van der Waals surface area contributed by atoms with Gasteiger partial charge in [-0.3, -0.25) is 0 Å². The second-order valence-electron chi connectivity index (χ2n) is 3.38. The molecule has 0 saturated carbocycles. The Hall–Kier alpha value is -1.09. The molecule has 1 aromatic carbocycles. The Morgan fingerprint density at radius 2 is 2.31 bits per heavy atom. The zero-order chi connectivity index (χ0) is 9.42. The van der Waals surface area contributed by atoms with Gasteiger partial charge in [-0.25, -0.2) is 4.39 Å². The van der Waals surface area contributed by atoms with Crippen molar-refractivity contribution in [3.8, 4) is 5.75 Å². The molecular weight excluding hydrogens is 169 g/mol. The van der Waals surface area contributed by atoms with Gasteiger partial charge < -0.3 is 10.5 Å². The van der Waals surface area contributed by atoms with Crippen molar-refractivity contribution in [2.75, 3.05) is 6.61 Å². The number of halogens is 1. The largest absolute Gasteiger partial charge is 0.493 e. The van der Waals surface area contributed by atoms with E-state index in [2.05, 4.69) is 0 Å². The van der Waals surface area contributed by atoms with Crippen molar-refractivity contribution in [3.05, 3.63) is 29.1 Å². The number of hydrogen-bond donors (Lipinski definition) is 1. The summed E-state index contributed by atoms with van der Waals surface area (Å²) in [6.45, 7) is 2.31. The van der Waals surface area contributed by atoms with Gasteiger partial charge in [-0.2, -0.15) is 0 Å². The van der Waals surface area contributed by atoms with Crippen LogP contribution in [0.2, 0.25) is 0 Å². The Kier molecular flexibility index (Phi) is 1.96. The van der Waals surface area contributed by atoms with Crippen LogP contribution in [0.5, 0.6) is 5.75 Å². The number of hydrogen-bond acceptors (Lipinski definition) is 2. The molecule has 0 aromatic heterocycles. The van der Waals surface area contributed by atoms with E-state index in [1.54, 1.807) is 13.0 Å². The number of rotatable bonds is 0. The van der Waals surface area contributed by atoms with E-state index in [4.69, 9.17) is 10.5 Å². The van der Waals surface area contributed by atoms with Crippen LogP contribution in [0.15, 0.2) is 12.1 Å². The maximum Gasteiger partial charge on any atom is 0.129 e. The molecule has 0 bridgehead atoms. The van der Waals surface area contributed by atoms with Gasteiger partial charge in [-0.05, 0) is 18.6 Å². The monoisotopic (exact) mass is 181 g/mol. The average Bonchev–Trinajstić information content (AvgIpc) is 2.09. The van der Waals surface area contributed by atoms with E-state index in [9.17, 15) is 4.39 Å². The molecular formula is C10H12FNO. The summed E-state index contributed by atoms with van der Waals surface area (Å²) >= 11 is 0. The lowest BCUT2D eigenvalue weighted by molar-refractivity contribution is 0.267. The van der Waals surface area contributed by atoms with Gasteiger partial charge in [-0.15, -0.1) is 0 Å².